The van der Waals surface area contributed by atoms with E-state index < -0.39 is 15.6 Å². The number of hydrogen-bond acceptors (Lipinski definition) is 3. The summed E-state index contributed by atoms with van der Waals surface area (Å²) >= 11 is 6.32. The molecule has 33 heavy (non-hydrogen) atoms. The summed E-state index contributed by atoms with van der Waals surface area (Å²) in [6.07, 6.45) is 1.63. The van der Waals surface area contributed by atoms with Crippen LogP contribution in [-0.4, -0.2) is 24.3 Å². The van der Waals surface area contributed by atoms with Crippen molar-refractivity contribution >= 4 is 38.2 Å². The van der Waals surface area contributed by atoms with Gasteiger partial charge in [-0.1, -0.05) is 53.6 Å². The van der Waals surface area contributed by atoms with Crippen LogP contribution in [0.3, 0.4) is 0 Å². The van der Waals surface area contributed by atoms with E-state index in [-0.39, 0.29) is 0 Å². The van der Waals surface area contributed by atoms with E-state index in [4.69, 9.17) is 11.6 Å². The second-order valence-electron chi connectivity index (χ2n) is 9.12. The van der Waals surface area contributed by atoms with Gasteiger partial charge in [-0.15, -0.1) is 0 Å². The van der Waals surface area contributed by atoms with Crippen molar-refractivity contribution in [3.05, 3.63) is 94.1 Å². The highest BCUT2D eigenvalue weighted by Gasteiger charge is 2.47. The van der Waals surface area contributed by atoms with Gasteiger partial charge in [0.2, 0.25) is 10.0 Å². The Morgan fingerprint density at radius 2 is 1.82 bits per heavy atom. The number of rotatable bonds is 2. The number of aromatic nitrogens is 1. The van der Waals surface area contributed by atoms with Crippen molar-refractivity contribution in [2.45, 2.75) is 36.7 Å². The summed E-state index contributed by atoms with van der Waals surface area (Å²) in [7, 11) is -3.67. The fourth-order valence-corrected chi connectivity index (χ4v) is 7.00. The van der Waals surface area contributed by atoms with Crippen molar-refractivity contribution in [3.63, 3.8) is 0 Å². The number of anilines is 1. The van der Waals surface area contributed by atoms with Crippen molar-refractivity contribution in [1.82, 2.24) is 9.29 Å². The van der Waals surface area contributed by atoms with E-state index in [1.54, 1.807) is 16.4 Å². The first-order chi connectivity index (χ1) is 15.9. The lowest BCUT2D eigenvalue weighted by molar-refractivity contribution is 0.273. The number of fused-ring (bicyclic) bond motifs is 5. The minimum absolute atomic E-state index is 0.312. The number of benzene rings is 3. The van der Waals surface area contributed by atoms with E-state index in [0.29, 0.717) is 23.0 Å². The number of aryl methyl sites for hydroxylation is 2. The summed E-state index contributed by atoms with van der Waals surface area (Å²) in [6, 6.07) is 21.2. The van der Waals surface area contributed by atoms with Gasteiger partial charge in [0.1, 0.15) is 0 Å². The van der Waals surface area contributed by atoms with E-state index in [1.165, 1.54) is 11.1 Å². The third kappa shape index (κ3) is 3.28. The molecule has 6 rings (SSSR count). The maximum Gasteiger partial charge on any atom is 0.243 e. The first-order valence-corrected chi connectivity index (χ1v) is 12.9. The Hall–Kier alpha value is -2.80. The molecule has 2 aliphatic heterocycles. The zero-order chi connectivity index (χ0) is 22.8. The van der Waals surface area contributed by atoms with Gasteiger partial charge < -0.3 is 10.3 Å². The lowest BCUT2D eigenvalue weighted by Crippen LogP contribution is -2.53. The Bertz CT molecular complexity index is 1490. The molecule has 0 radical (unpaired) electrons. The Morgan fingerprint density at radius 1 is 1.03 bits per heavy atom. The van der Waals surface area contributed by atoms with Gasteiger partial charge in [0, 0.05) is 39.4 Å². The van der Waals surface area contributed by atoms with Crippen LogP contribution in [0.2, 0.25) is 5.02 Å². The van der Waals surface area contributed by atoms with Gasteiger partial charge >= 0.3 is 0 Å². The summed E-state index contributed by atoms with van der Waals surface area (Å²) in [6.45, 7) is 2.62. The number of aromatic amines is 1. The first-order valence-electron chi connectivity index (χ1n) is 11.1. The topological polar surface area (TPSA) is 65.2 Å². The quantitative estimate of drug-likeness (QED) is 0.395. The van der Waals surface area contributed by atoms with Crippen molar-refractivity contribution in [3.8, 4) is 0 Å². The zero-order valence-electron chi connectivity index (χ0n) is 18.2. The van der Waals surface area contributed by atoms with Crippen LogP contribution in [0.25, 0.3) is 10.9 Å². The molecule has 3 heterocycles. The molecule has 1 unspecified atom stereocenters. The first kappa shape index (κ1) is 20.8. The molecule has 168 valence electrons. The number of nitrogens with zero attached hydrogens (tertiary/aromatic N) is 1. The molecule has 1 spiro atoms. The van der Waals surface area contributed by atoms with Crippen LogP contribution in [0.15, 0.2) is 71.6 Å². The molecule has 0 saturated heterocycles. The lowest BCUT2D eigenvalue weighted by Gasteiger charge is -2.46. The highest BCUT2D eigenvalue weighted by Crippen LogP contribution is 2.46. The van der Waals surface area contributed by atoms with E-state index in [0.717, 1.165) is 40.7 Å². The maximum atomic E-state index is 13.7. The summed E-state index contributed by atoms with van der Waals surface area (Å²) in [5, 5.41) is 5.54. The number of nitrogens with one attached hydrogen (secondary N) is 2. The Balaban J connectivity index is 1.52. The van der Waals surface area contributed by atoms with E-state index >= 15 is 0 Å². The molecule has 0 aliphatic carbocycles. The maximum absolute atomic E-state index is 13.7. The molecule has 0 amide bonds. The normalized spacial score (nSPS) is 20.4. The lowest BCUT2D eigenvalue weighted by atomic mass is 9.77. The van der Waals surface area contributed by atoms with Gasteiger partial charge in [0.05, 0.1) is 17.0 Å². The van der Waals surface area contributed by atoms with E-state index in [1.807, 2.05) is 49.4 Å². The number of halogens is 1. The average Bonchev–Trinajstić information content (AvgIpc) is 3.18. The van der Waals surface area contributed by atoms with Gasteiger partial charge in [0.25, 0.3) is 0 Å². The SMILES string of the molecule is Cc1ccc(S(=O)(=O)N2Cc3[nH]c4ccccc4c3C3(CCc4ccc(Cl)cc4N3)C2)cc1. The van der Waals surface area contributed by atoms with Crippen LogP contribution < -0.4 is 5.32 Å². The Morgan fingerprint density at radius 3 is 2.64 bits per heavy atom. The molecule has 2 aliphatic rings. The van der Waals surface area contributed by atoms with Gasteiger partial charge in [-0.2, -0.15) is 4.31 Å². The van der Waals surface area contributed by atoms with Crippen molar-refractivity contribution < 1.29 is 8.42 Å². The second-order valence-corrected chi connectivity index (χ2v) is 11.5. The predicted octanol–water partition coefficient (Wildman–Crippen LogP) is 5.59. The number of para-hydroxylation sites is 1. The molecule has 2 N–H and O–H groups in total. The third-order valence-corrected chi connectivity index (χ3v) is 9.01. The molecule has 3 aromatic carbocycles. The molecule has 0 fully saturated rings. The van der Waals surface area contributed by atoms with Crippen LogP contribution in [0.4, 0.5) is 5.69 Å². The second kappa shape index (κ2) is 7.35. The zero-order valence-corrected chi connectivity index (χ0v) is 19.8. The van der Waals surface area contributed by atoms with Crippen LogP contribution in [0.1, 0.15) is 28.8 Å². The van der Waals surface area contributed by atoms with Crippen LogP contribution >= 0.6 is 11.6 Å². The monoisotopic (exact) mass is 477 g/mol. The number of hydrogen-bond donors (Lipinski definition) is 2. The van der Waals surface area contributed by atoms with Crippen molar-refractivity contribution in [2.75, 3.05) is 11.9 Å². The van der Waals surface area contributed by atoms with Crippen LogP contribution in [0.5, 0.6) is 0 Å². The number of H-pyrrole nitrogens is 1. The molecular weight excluding hydrogens is 454 g/mol. The molecule has 7 heteroatoms. The molecule has 5 nitrogen and oxygen atoms in total. The molecular formula is C26H24ClN3O2S. The standard InChI is InChI=1S/C26H24ClN3O2S/c1-17-6-10-20(11-7-17)33(31,32)30-15-24-25(21-4-2-3-5-22(21)28-24)26(16-30)13-12-18-8-9-19(27)14-23(18)29-26/h2-11,14,28-29H,12-13,15-16H2,1H3. The molecule has 4 aromatic rings. The number of sulfonamides is 1. The molecule has 0 saturated carbocycles. The van der Waals surface area contributed by atoms with Crippen molar-refractivity contribution in [1.29, 1.82) is 0 Å². The molecule has 1 atom stereocenters. The van der Waals surface area contributed by atoms with Gasteiger partial charge in [-0.25, -0.2) is 8.42 Å². The molecule has 1 aromatic heterocycles. The van der Waals surface area contributed by atoms with Gasteiger partial charge in [-0.05, 0) is 55.7 Å². The van der Waals surface area contributed by atoms with E-state index in [2.05, 4.69) is 22.4 Å². The van der Waals surface area contributed by atoms with Gasteiger partial charge in [0.15, 0.2) is 0 Å². The predicted molar refractivity (Wildman–Crippen MR) is 132 cm³/mol. The van der Waals surface area contributed by atoms with E-state index in [9.17, 15) is 8.42 Å². The minimum atomic E-state index is -3.67. The summed E-state index contributed by atoms with van der Waals surface area (Å²) in [5.41, 5.74) is 5.78. The fourth-order valence-electron chi connectivity index (χ4n) is 5.36. The highest BCUT2D eigenvalue weighted by atomic mass is 35.5. The molecule has 0 bridgehead atoms. The van der Waals surface area contributed by atoms with Crippen LogP contribution in [0, 0.1) is 6.92 Å². The summed E-state index contributed by atoms with van der Waals surface area (Å²) in [5.74, 6) is 0. The third-order valence-electron chi connectivity index (χ3n) is 6.97. The minimum Gasteiger partial charge on any atom is -0.374 e. The fraction of sp³-hybridized carbons (Fsp3) is 0.231. The Labute approximate surface area is 198 Å². The Kier molecular flexibility index (Phi) is 4.63. The largest absolute Gasteiger partial charge is 0.374 e. The summed E-state index contributed by atoms with van der Waals surface area (Å²) in [4.78, 5) is 3.83. The van der Waals surface area contributed by atoms with Gasteiger partial charge in [-0.3, -0.25) is 0 Å². The highest BCUT2D eigenvalue weighted by molar-refractivity contribution is 7.89. The van der Waals surface area contributed by atoms with Crippen molar-refractivity contribution in [2.24, 2.45) is 0 Å². The smallest absolute Gasteiger partial charge is 0.243 e. The van der Waals surface area contributed by atoms with Crippen LogP contribution in [-0.2, 0) is 28.5 Å². The average molecular weight is 478 g/mol. The summed E-state index contributed by atoms with van der Waals surface area (Å²) < 4.78 is 29.0.